The molecule has 0 spiro atoms. The van der Waals surface area contributed by atoms with Gasteiger partial charge in [-0.25, -0.2) is 9.97 Å². The van der Waals surface area contributed by atoms with Crippen LogP contribution in [0.1, 0.15) is 12.5 Å². The Morgan fingerprint density at radius 1 is 1.03 bits per heavy atom. The van der Waals surface area contributed by atoms with Crippen molar-refractivity contribution in [1.29, 1.82) is 0 Å². The summed E-state index contributed by atoms with van der Waals surface area (Å²) in [4.78, 5) is 25.3. The number of benzene rings is 2. The number of carbonyl (C=O) groups is 1. The number of para-hydroxylation sites is 2. The molecule has 4 rings (SSSR count). The van der Waals surface area contributed by atoms with Crippen LogP contribution in [-0.4, -0.2) is 60.2 Å². The lowest BCUT2D eigenvalue weighted by molar-refractivity contribution is -0.139. The summed E-state index contributed by atoms with van der Waals surface area (Å²) in [5.74, 6) is 2.41. The van der Waals surface area contributed by atoms with E-state index in [9.17, 15) is 4.79 Å². The highest BCUT2D eigenvalue weighted by molar-refractivity contribution is 5.78. The molecule has 3 aromatic rings. The first-order valence-electron chi connectivity index (χ1n) is 10.9. The van der Waals surface area contributed by atoms with E-state index < -0.39 is 0 Å². The number of ether oxygens (including phenoxy) is 3. The van der Waals surface area contributed by atoms with Gasteiger partial charge in [0.1, 0.15) is 18.8 Å². The predicted molar refractivity (Wildman–Crippen MR) is 125 cm³/mol. The Morgan fingerprint density at radius 3 is 2.55 bits per heavy atom. The third-order valence-electron chi connectivity index (χ3n) is 5.52. The summed E-state index contributed by atoms with van der Waals surface area (Å²) < 4.78 is 16.9. The Hall–Kier alpha value is -3.65. The van der Waals surface area contributed by atoms with Crippen molar-refractivity contribution in [1.82, 2.24) is 14.9 Å². The first kappa shape index (κ1) is 22.5. The van der Waals surface area contributed by atoms with Gasteiger partial charge in [0, 0.05) is 31.7 Å². The molecule has 0 radical (unpaired) electrons. The van der Waals surface area contributed by atoms with Crippen LogP contribution in [0.4, 0.5) is 5.82 Å². The second-order valence-corrected chi connectivity index (χ2v) is 7.83. The van der Waals surface area contributed by atoms with E-state index in [0.717, 1.165) is 11.4 Å². The van der Waals surface area contributed by atoms with E-state index in [0.29, 0.717) is 43.6 Å². The van der Waals surface area contributed by atoms with Gasteiger partial charge in [-0.3, -0.25) is 4.79 Å². The van der Waals surface area contributed by atoms with Gasteiger partial charge in [-0.05, 0) is 24.6 Å². The summed E-state index contributed by atoms with van der Waals surface area (Å²) in [6.45, 7) is 4.46. The molecule has 0 unspecified atom stereocenters. The third kappa shape index (κ3) is 5.78. The zero-order valence-electron chi connectivity index (χ0n) is 18.9. The van der Waals surface area contributed by atoms with E-state index in [2.05, 4.69) is 14.9 Å². The van der Waals surface area contributed by atoms with E-state index in [1.54, 1.807) is 13.2 Å². The van der Waals surface area contributed by atoms with Gasteiger partial charge in [-0.2, -0.15) is 0 Å². The van der Waals surface area contributed by atoms with E-state index in [1.165, 1.54) is 6.33 Å². The number of hydrogen-bond donors (Lipinski definition) is 0. The van der Waals surface area contributed by atoms with Crippen LogP contribution in [0.15, 0.2) is 67.0 Å². The first-order chi connectivity index (χ1) is 16.1. The molecule has 1 aromatic heterocycles. The van der Waals surface area contributed by atoms with Crippen LogP contribution in [0.5, 0.6) is 17.4 Å². The molecule has 8 nitrogen and oxygen atoms in total. The van der Waals surface area contributed by atoms with Crippen LogP contribution >= 0.6 is 0 Å². The largest absolute Gasteiger partial charge is 0.493 e. The molecule has 0 bridgehead atoms. The van der Waals surface area contributed by atoms with Gasteiger partial charge in [0.25, 0.3) is 0 Å². The SMILES string of the molecule is COc1ccccc1Oc1cc(N2CCN(C(=O)COCc3ccccc3)[C@H](C)C2)ncn1. The van der Waals surface area contributed by atoms with E-state index in [1.807, 2.05) is 66.4 Å². The fourth-order valence-electron chi connectivity index (χ4n) is 3.82. The number of hydrogen-bond acceptors (Lipinski definition) is 7. The molecule has 1 atom stereocenters. The molecular weight excluding hydrogens is 420 g/mol. The van der Waals surface area contributed by atoms with Crippen LogP contribution in [-0.2, 0) is 16.1 Å². The molecule has 2 aromatic carbocycles. The van der Waals surface area contributed by atoms with Crippen molar-refractivity contribution < 1.29 is 19.0 Å². The monoisotopic (exact) mass is 448 g/mol. The predicted octanol–water partition coefficient (Wildman–Crippen LogP) is 3.53. The van der Waals surface area contributed by atoms with Crippen molar-refractivity contribution in [3.63, 3.8) is 0 Å². The minimum absolute atomic E-state index is 0.000892. The van der Waals surface area contributed by atoms with Crippen molar-refractivity contribution in [3.05, 3.63) is 72.6 Å². The Kier molecular flexibility index (Phi) is 7.36. The molecule has 1 amide bonds. The topological polar surface area (TPSA) is 77.0 Å². The second kappa shape index (κ2) is 10.8. The number of methoxy groups -OCH3 is 1. The summed E-state index contributed by atoms with van der Waals surface area (Å²) in [5.41, 5.74) is 1.05. The molecule has 1 fully saturated rings. The molecule has 0 aliphatic carbocycles. The average molecular weight is 449 g/mol. The van der Waals surface area contributed by atoms with Crippen LogP contribution in [0.25, 0.3) is 0 Å². The molecule has 2 heterocycles. The summed E-state index contributed by atoms with van der Waals surface area (Å²) in [6.07, 6.45) is 1.49. The maximum Gasteiger partial charge on any atom is 0.248 e. The van der Waals surface area contributed by atoms with Crippen molar-refractivity contribution in [2.75, 3.05) is 38.3 Å². The molecule has 33 heavy (non-hydrogen) atoms. The first-order valence-corrected chi connectivity index (χ1v) is 10.9. The highest BCUT2D eigenvalue weighted by Crippen LogP contribution is 2.31. The van der Waals surface area contributed by atoms with Gasteiger partial charge in [0.2, 0.25) is 11.8 Å². The Morgan fingerprint density at radius 2 is 1.79 bits per heavy atom. The van der Waals surface area contributed by atoms with Crippen LogP contribution < -0.4 is 14.4 Å². The van der Waals surface area contributed by atoms with Crippen LogP contribution in [0.2, 0.25) is 0 Å². The quantitative estimate of drug-likeness (QED) is 0.522. The maximum absolute atomic E-state index is 12.7. The van der Waals surface area contributed by atoms with Gasteiger partial charge in [0.05, 0.1) is 13.7 Å². The smallest absolute Gasteiger partial charge is 0.248 e. The zero-order valence-corrected chi connectivity index (χ0v) is 18.9. The van der Waals surface area contributed by atoms with Crippen LogP contribution in [0, 0.1) is 0 Å². The number of anilines is 1. The molecular formula is C25H28N4O4. The van der Waals surface area contributed by atoms with Gasteiger partial charge in [-0.1, -0.05) is 42.5 Å². The van der Waals surface area contributed by atoms with E-state index in [-0.39, 0.29) is 18.6 Å². The summed E-state index contributed by atoms with van der Waals surface area (Å²) in [5, 5.41) is 0. The summed E-state index contributed by atoms with van der Waals surface area (Å²) in [7, 11) is 1.60. The Labute approximate surface area is 193 Å². The molecule has 8 heteroatoms. The second-order valence-electron chi connectivity index (χ2n) is 7.83. The molecule has 0 saturated carbocycles. The summed E-state index contributed by atoms with van der Waals surface area (Å²) >= 11 is 0. The Bertz CT molecular complexity index is 1060. The highest BCUT2D eigenvalue weighted by atomic mass is 16.5. The van der Waals surface area contributed by atoms with Gasteiger partial charge in [-0.15, -0.1) is 0 Å². The van der Waals surface area contributed by atoms with E-state index >= 15 is 0 Å². The van der Waals surface area contributed by atoms with Crippen molar-refractivity contribution >= 4 is 11.7 Å². The van der Waals surface area contributed by atoms with Crippen molar-refractivity contribution in [2.45, 2.75) is 19.6 Å². The number of carbonyl (C=O) groups excluding carboxylic acids is 1. The van der Waals surface area contributed by atoms with E-state index in [4.69, 9.17) is 14.2 Å². The number of nitrogens with zero attached hydrogens (tertiary/aromatic N) is 4. The normalized spacial score (nSPS) is 15.9. The van der Waals surface area contributed by atoms with Gasteiger partial charge in [0.15, 0.2) is 11.5 Å². The van der Waals surface area contributed by atoms with Crippen LogP contribution in [0.3, 0.4) is 0 Å². The number of aromatic nitrogens is 2. The molecule has 1 aliphatic heterocycles. The van der Waals surface area contributed by atoms with Crippen molar-refractivity contribution in [3.8, 4) is 17.4 Å². The molecule has 1 aliphatic rings. The highest BCUT2D eigenvalue weighted by Gasteiger charge is 2.28. The third-order valence-corrected chi connectivity index (χ3v) is 5.52. The number of amides is 1. The molecule has 172 valence electrons. The average Bonchev–Trinajstić information content (AvgIpc) is 2.85. The minimum atomic E-state index is 0.000892. The maximum atomic E-state index is 12.7. The van der Waals surface area contributed by atoms with Crippen molar-refractivity contribution in [2.24, 2.45) is 0 Å². The van der Waals surface area contributed by atoms with Gasteiger partial charge < -0.3 is 24.0 Å². The summed E-state index contributed by atoms with van der Waals surface area (Å²) in [6, 6.07) is 19.1. The fourth-order valence-corrected chi connectivity index (χ4v) is 3.82. The number of rotatable bonds is 8. The lowest BCUT2D eigenvalue weighted by atomic mass is 10.2. The zero-order chi connectivity index (χ0) is 23.0. The lowest BCUT2D eigenvalue weighted by Crippen LogP contribution is -2.55. The molecule has 0 N–H and O–H groups in total. The lowest BCUT2D eigenvalue weighted by Gasteiger charge is -2.40. The molecule has 1 saturated heterocycles. The standard InChI is InChI=1S/C25H28N4O4/c1-19-15-28(12-13-29(19)25(30)17-32-16-20-8-4-3-5-9-20)23-14-24(27-18-26-23)33-22-11-7-6-10-21(22)31-2/h3-11,14,18-19H,12-13,15-17H2,1-2H3/t19-/m1/s1. The Balaban J connectivity index is 1.33. The minimum Gasteiger partial charge on any atom is -0.493 e. The fraction of sp³-hybridized carbons (Fsp3) is 0.320. The number of piperazine rings is 1. The van der Waals surface area contributed by atoms with Gasteiger partial charge >= 0.3 is 0 Å².